The highest BCUT2D eigenvalue weighted by Gasteiger charge is 2.40. The van der Waals surface area contributed by atoms with Crippen molar-refractivity contribution >= 4 is 0 Å². The van der Waals surface area contributed by atoms with Gasteiger partial charge in [-0.15, -0.1) is 0 Å². The first kappa shape index (κ1) is 14.9. The van der Waals surface area contributed by atoms with Crippen molar-refractivity contribution in [2.24, 2.45) is 5.41 Å². The predicted octanol–water partition coefficient (Wildman–Crippen LogP) is 4.25. The van der Waals surface area contributed by atoms with Crippen LogP contribution in [0.25, 0.3) is 0 Å². The van der Waals surface area contributed by atoms with Crippen LogP contribution in [0.5, 0.6) is 0 Å². The van der Waals surface area contributed by atoms with Gasteiger partial charge in [-0.2, -0.15) is 5.26 Å². The van der Waals surface area contributed by atoms with Crippen molar-refractivity contribution in [1.82, 2.24) is 0 Å². The van der Waals surface area contributed by atoms with Crippen LogP contribution in [0, 0.1) is 28.4 Å². The van der Waals surface area contributed by atoms with Crippen LogP contribution in [0.4, 0.5) is 8.78 Å². The third-order valence-electron chi connectivity index (χ3n) is 4.25. The van der Waals surface area contributed by atoms with E-state index in [-0.39, 0.29) is 5.56 Å². The number of benzene rings is 1. The molecular formula is C16H19F2NO. The molecule has 2 rings (SSSR count). The first-order valence-electron chi connectivity index (χ1n) is 7.13. The highest BCUT2D eigenvalue weighted by Crippen LogP contribution is 2.44. The standard InChI is InChI=1S/C16H19F2NO/c17-12-6-7-13(14(18)10-12)15(20)16(11-19)8-4-2-1-3-5-9-16/h6-7,10,15,20H,1-5,8-9H2. The first-order valence-corrected chi connectivity index (χ1v) is 7.13. The molecule has 1 fully saturated rings. The number of aliphatic hydroxyl groups is 1. The largest absolute Gasteiger partial charge is 0.387 e. The quantitative estimate of drug-likeness (QED) is 0.879. The van der Waals surface area contributed by atoms with Crippen LogP contribution in [0.3, 0.4) is 0 Å². The summed E-state index contributed by atoms with van der Waals surface area (Å²) in [6.45, 7) is 0. The zero-order valence-corrected chi connectivity index (χ0v) is 11.4. The molecule has 1 atom stereocenters. The summed E-state index contributed by atoms with van der Waals surface area (Å²) < 4.78 is 26.8. The van der Waals surface area contributed by atoms with E-state index in [9.17, 15) is 19.1 Å². The van der Waals surface area contributed by atoms with Gasteiger partial charge in [0.2, 0.25) is 0 Å². The van der Waals surface area contributed by atoms with E-state index in [0.29, 0.717) is 12.8 Å². The van der Waals surface area contributed by atoms with E-state index in [4.69, 9.17) is 0 Å². The molecule has 0 saturated heterocycles. The molecule has 4 heteroatoms. The molecule has 1 aromatic rings. The maximum Gasteiger partial charge on any atom is 0.131 e. The summed E-state index contributed by atoms with van der Waals surface area (Å²) in [6.07, 6.45) is 4.82. The van der Waals surface area contributed by atoms with Gasteiger partial charge in [0.05, 0.1) is 11.5 Å². The smallest absolute Gasteiger partial charge is 0.131 e. The fourth-order valence-corrected chi connectivity index (χ4v) is 3.00. The van der Waals surface area contributed by atoms with Crippen LogP contribution in [-0.4, -0.2) is 5.11 Å². The number of halogens is 2. The van der Waals surface area contributed by atoms with Crippen molar-refractivity contribution in [3.05, 3.63) is 35.4 Å². The molecule has 1 saturated carbocycles. The molecule has 0 spiro atoms. The second-order valence-electron chi connectivity index (χ2n) is 5.60. The first-order chi connectivity index (χ1) is 9.59. The average Bonchev–Trinajstić information content (AvgIpc) is 2.38. The van der Waals surface area contributed by atoms with E-state index >= 15 is 0 Å². The van der Waals surface area contributed by atoms with E-state index < -0.39 is 23.2 Å². The Morgan fingerprint density at radius 3 is 2.25 bits per heavy atom. The average molecular weight is 279 g/mol. The summed E-state index contributed by atoms with van der Waals surface area (Å²) in [4.78, 5) is 0. The summed E-state index contributed by atoms with van der Waals surface area (Å²) in [5, 5.41) is 20.0. The summed E-state index contributed by atoms with van der Waals surface area (Å²) in [7, 11) is 0. The zero-order valence-electron chi connectivity index (χ0n) is 11.4. The molecule has 0 heterocycles. The van der Waals surface area contributed by atoms with E-state index in [0.717, 1.165) is 44.2 Å². The molecule has 108 valence electrons. The molecule has 0 aliphatic heterocycles. The Kier molecular flexibility index (Phi) is 4.72. The molecule has 20 heavy (non-hydrogen) atoms. The molecule has 1 aliphatic rings. The Hall–Kier alpha value is -1.47. The van der Waals surface area contributed by atoms with Crippen molar-refractivity contribution in [2.45, 2.75) is 51.0 Å². The topological polar surface area (TPSA) is 44.0 Å². The number of nitrogens with zero attached hydrogens (tertiary/aromatic N) is 1. The van der Waals surface area contributed by atoms with E-state index in [2.05, 4.69) is 6.07 Å². The minimum Gasteiger partial charge on any atom is -0.387 e. The molecule has 1 aromatic carbocycles. The molecule has 0 amide bonds. The van der Waals surface area contributed by atoms with Gasteiger partial charge < -0.3 is 5.11 Å². The van der Waals surface area contributed by atoms with Gasteiger partial charge in [-0.1, -0.05) is 38.2 Å². The predicted molar refractivity (Wildman–Crippen MR) is 71.7 cm³/mol. The second kappa shape index (κ2) is 6.32. The summed E-state index contributed by atoms with van der Waals surface area (Å²) in [6, 6.07) is 5.34. The van der Waals surface area contributed by atoms with Crippen LogP contribution in [0.2, 0.25) is 0 Å². The number of nitriles is 1. The maximum absolute atomic E-state index is 13.8. The molecule has 0 aromatic heterocycles. The lowest BCUT2D eigenvalue weighted by Gasteiger charge is -2.33. The van der Waals surface area contributed by atoms with Gasteiger partial charge in [-0.3, -0.25) is 0 Å². The number of hydrogen-bond donors (Lipinski definition) is 1. The fourth-order valence-electron chi connectivity index (χ4n) is 3.00. The van der Waals surface area contributed by atoms with Crippen LogP contribution in [-0.2, 0) is 0 Å². The van der Waals surface area contributed by atoms with Crippen molar-refractivity contribution in [2.75, 3.05) is 0 Å². The third kappa shape index (κ3) is 2.99. The summed E-state index contributed by atoms with van der Waals surface area (Å²) in [5.74, 6) is -1.46. The van der Waals surface area contributed by atoms with Gasteiger partial charge in [0.1, 0.15) is 17.7 Å². The maximum atomic E-state index is 13.8. The minimum atomic E-state index is -1.20. The molecular weight excluding hydrogens is 260 g/mol. The Labute approximate surface area is 118 Å². The highest BCUT2D eigenvalue weighted by atomic mass is 19.1. The highest BCUT2D eigenvalue weighted by molar-refractivity contribution is 5.25. The van der Waals surface area contributed by atoms with E-state index in [1.807, 2.05) is 0 Å². The van der Waals surface area contributed by atoms with E-state index in [1.54, 1.807) is 0 Å². The number of rotatable bonds is 2. The molecule has 2 nitrogen and oxygen atoms in total. The van der Waals surface area contributed by atoms with Gasteiger partial charge >= 0.3 is 0 Å². The Balaban J connectivity index is 2.31. The molecule has 0 bridgehead atoms. The van der Waals surface area contributed by atoms with Crippen LogP contribution in [0.1, 0.15) is 56.6 Å². The van der Waals surface area contributed by atoms with E-state index in [1.165, 1.54) is 6.07 Å². The van der Waals surface area contributed by atoms with Crippen LogP contribution < -0.4 is 0 Å². The number of hydrogen-bond acceptors (Lipinski definition) is 2. The summed E-state index contributed by atoms with van der Waals surface area (Å²) in [5.41, 5.74) is -0.937. The lowest BCUT2D eigenvalue weighted by Crippen LogP contribution is -2.29. The van der Waals surface area contributed by atoms with Crippen LogP contribution in [0.15, 0.2) is 18.2 Å². The van der Waals surface area contributed by atoms with Gasteiger partial charge in [-0.05, 0) is 18.9 Å². The minimum absolute atomic E-state index is 0.0218. The van der Waals surface area contributed by atoms with Crippen molar-refractivity contribution in [3.63, 3.8) is 0 Å². The Morgan fingerprint density at radius 1 is 1.10 bits per heavy atom. The second-order valence-corrected chi connectivity index (χ2v) is 5.60. The van der Waals surface area contributed by atoms with Gasteiger partial charge in [0.15, 0.2) is 0 Å². The zero-order chi connectivity index (χ0) is 14.6. The molecule has 1 unspecified atom stereocenters. The van der Waals surface area contributed by atoms with Crippen molar-refractivity contribution in [3.8, 4) is 6.07 Å². The lowest BCUT2D eigenvalue weighted by atomic mass is 9.71. The SMILES string of the molecule is N#CC1(C(O)c2ccc(F)cc2F)CCCCCCC1. The number of aliphatic hydroxyl groups excluding tert-OH is 1. The summed E-state index contributed by atoms with van der Waals surface area (Å²) >= 11 is 0. The Morgan fingerprint density at radius 2 is 1.70 bits per heavy atom. The van der Waals surface area contributed by atoms with Gasteiger partial charge in [-0.25, -0.2) is 8.78 Å². The fraction of sp³-hybridized carbons (Fsp3) is 0.562. The molecule has 1 N–H and O–H groups in total. The Bertz CT molecular complexity index is 502. The van der Waals surface area contributed by atoms with Gasteiger partial charge in [0, 0.05) is 11.6 Å². The van der Waals surface area contributed by atoms with Crippen molar-refractivity contribution in [1.29, 1.82) is 5.26 Å². The van der Waals surface area contributed by atoms with Gasteiger partial charge in [0.25, 0.3) is 0 Å². The molecule has 1 aliphatic carbocycles. The van der Waals surface area contributed by atoms with Crippen molar-refractivity contribution < 1.29 is 13.9 Å². The third-order valence-corrected chi connectivity index (χ3v) is 4.25. The lowest BCUT2D eigenvalue weighted by molar-refractivity contribution is 0.0406. The normalized spacial score (nSPS) is 20.5. The monoisotopic (exact) mass is 279 g/mol. The van der Waals surface area contributed by atoms with Crippen LogP contribution >= 0.6 is 0 Å². The molecule has 0 radical (unpaired) electrons.